The predicted octanol–water partition coefficient (Wildman–Crippen LogP) is 1.77. The van der Waals surface area contributed by atoms with Crippen LogP contribution in [0.15, 0.2) is 18.2 Å². The third-order valence-electron chi connectivity index (χ3n) is 4.65. The minimum atomic E-state index is -0.475. The van der Waals surface area contributed by atoms with Crippen molar-refractivity contribution in [2.75, 3.05) is 18.5 Å². The van der Waals surface area contributed by atoms with Gasteiger partial charge in [0.25, 0.3) is 5.91 Å². The highest BCUT2D eigenvalue weighted by atomic mass is 35.5. The molecule has 3 N–H and O–H groups in total. The largest absolute Gasteiger partial charge is 0.478 e. The highest BCUT2D eigenvalue weighted by Gasteiger charge is 2.30. The van der Waals surface area contributed by atoms with Crippen molar-refractivity contribution >= 4 is 29.9 Å². The lowest BCUT2D eigenvalue weighted by molar-refractivity contribution is -0.129. The number of hydrogen-bond donors (Lipinski definition) is 3. The number of morpholine rings is 1. The van der Waals surface area contributed by atoms with Crippen LogP contribution in [0.1, 0.15) is 38.8 Å². The average Bonchev–Trinajstić information content (AvgIpc) is 2.60. The topological polar surface area (TPSA) is 88.7 Å². The standard InChI is InChI=1S/C18H25N3O4.ClH/c1-4-14-17(22)21-13-6-5-12(9-15(13)25-14)10(2)20-18(23)16-11(3)24-8-7-19-16;/h5-6,9-11,14,16,19H,4,7-8H2,1-3H3,(H,20,23)(H,21,22);1H/t10?,11-,14?,16+;/m1./s1. The Morgan fingerprint density at radius 3 is 2.88 bits per heavy atom. The second kappa shape index (κ2) is 8.70. The van der Waals surface area contributed by atoms with E-state index >= 15 is 0 Å². The quantitative estimate of drug-likeness (QED) is 0.737. The van der Waals surface area contributed by atoms with Crippen molar-refractivity contribution in [2.45, 2.75) is 51.5 Å². The lowest BCUT2D eigenvalue weighted by atomic mass is 10.0. The van der Waals surface area contributed by atoms with Crippen molar-refractivity contribution in [3.05, 3.63) is 23.8 Å². The summed E-state index contributed by atoms with van der Waals surface area (Å²) in [5, 5.41) is 9.04. The zero-order valence-corrected chi connectivity index (χ0v) is 16.0. The smallest absolute Gasteiger partial charge is 0.265 e. The van der Waals surface area contributed by atoms with Crippen LogP contribution in [0.5, 0.6) is 5.75 Å². The Hall–Kier alpha value is -1.83. The van der Waals surface area contributed by atoms with Crippen LogP contribution in [-0.2, 0) is 14.3 Å². The molecule has 0 bridgehead atoms. The summed E-state index contributed by atoms with van der Waals surface area (Å²) in [7, 11) is 0. The number of halogens is 1. The van der Waals surface area contributed by atoms with Crippen molar-refractivity contribution in [1.82, 2.24) is 10.6 Å². The fourth-order valence-corrected chi connectivity index (χ4v) is 3.11. The number of hydrogen-bond acceptors (Lipinski definition) is 5. The highest BCUT2D eigenvalue weighted by molar-refractivity contribution is 5.97. The van der Waals surface area contributed by atoms with E-state index in [2.05, 4.69) is 16.0 Å². The van der Waals surface area contributed by atoms with Crippen molar-refractivity contribution < 1.29 is 19.1 Å². The maximum absolute atomic E-state index is 12.5. The predicted molar refractivity (Wildman–Crippen MR) is 101 cm³/mol. The fourth-order valence-electron chi connectivity index (χ4n) is 3.11. The van der Waals surface area contributed by atoms with Crippen molar-refractivity contribution in [2.24, 2.45) is 0 Å². The zero-order valence-electron chi connectivity index (χ0n) is 15.2. The van der Waals surface area contributed by atoms with Gasteiger partial charge in [0.05, 0.1) is 24.4 Å². The van der Waals surface area contributed by atoms with Crippen LogP contribution in [0, 0.1) is 0 Å². The molecule has 2 unspecified atom stereocenters. The van der Waals surface area contributed by atoms with E-state index in [-0.39, 0.29) is 42.4 Å². The van der Waals surface area contributed by atoms with Gasteiger partial charge in [-0.25, -0.2) is 0 Å². The molecule has 0 radical (unpaired) electrons. The number of rotatable bonds is 4. The maximum Gasteiger partial charge on any atom is 0.265 e. The van der Waals surface area contributed by atoms with Crippen molar-refractivity contribution in [3.63, 3.8) is 0 Å². The van der Waals surface area contributed by atoms with E-state index in [1.807, 2.05) is 39.0 Å². The second-order valence-electron chi connectivity index (χ2n) is 6.50. The molecule has 2 aliphatic rings. The average molecular weight is 384 g/mol. The number of benzene rings is 1. The molecule has 1 fully saturated rings. The van der Waals surface area contributed by atoms with Gasteiger partial charge < -0.3 is 25.4 Å². The summed E-state index contributed by atoms with van der Waals surface area (Å²) in [4.78, 5) is 24.3. The van der Waals surface area contributed by atoms with Gasteiger partial charge in [0.2, 0.25) is 5.91 Å². The number of nitrogens with one attached hydrogen (secondary N) is 3. The maximum atomic E-state index is 12.5. The van der Waals surface area contributed by atoms with Crippen LogP contribution >= 0.6 is 12.4 Å². The van der Waals surface area contributed by atoms with Crippen LogP contribution in [0.2, 0.25) is 0 Å². The molecule has 1 saturated heterocycles. The monoisotopic (exact) mass is 383 g/mol. The minimum Gasteiger partial charge on any atom is -0.478 e. The highest BCUT2D eigenvalue weighted by Crippen LogP contribution is 2.33. The number of carbonyl (C=O) groups excluding carboxylic acids is 2. The summed E-state index contributed by atoms with van der Waals surface area (Å²) in [6.07, 6.45) is -0.0297. The molecule has 0 spiro atoms. The molecule has 144 valence electrons. The number of fused-ring (bicyclic) bond motifs is 1. The van der Waals surface area contributed by atoms with Gasteiger partial charge in [-0.05, 0) is 38.0 Å². The van der Waals surface area contributed by atoms with E-state index in [0.717, 1.165) is 5.56 Å². The Morgan fingerprint density at radius 1 is 1.42 bits per heavy atom. The summed E-state index contributed by atoms with van der Waals surface area (Å²) in [6.45, 7) is 7.00. The second-order valence-corrected chi connectivity index (χ2v) is 6.50. The summed E-state index contributed by atoms with van der Waals surface area (Å²) >= 11 is 0. The first-order chi connectivity index (χ1) is 12.0. The summed E-state index contributed by atoms with van der Waals surface area (Å²) in [5.74, 6) is 0.428. The minimum absolute atomic E-state index is 0. The molecule has 1 aromatic rings. The first kappa shape index (κ1) is 20.5. The summed E-state index contributed by atoms with van der Waals surface area (Å²) < 4.78 is 11.3. The molecule has 2 amide bonds. The Labute approximate surface area is 159 Å². The SMILES string of the molecule is CCC1Oc2cc(C(C)NC(=O)[C@H]3NCCO[C@@H]3C)ccc2NC1=O.Cl. The molecule has 0 aliphatic carbocycles. The first-order valence-corrected chi connectivity index (χ1v) is 8.76. The van der Waals surface area contributed by atoms with Crippen LogP contribution < -0.4 is 20.7 Å². The van der Waals surface area contributed by atoms with Gasteiger partial charge in [-0.15, -0.1) is 12.4 Å². The van der Waals surface area contributed by atoms with Crippen molar-refractivity contribution in [3.8, 4) is 5.75 Å². The summed E-state index contributed by atoms with van der Waals surface area (Å²) in [5.41, 5.74) is 1.58. The molecule has 0 aromatic heterocycles. The van der Waals surface area contributed by atoms with Gasteiger partial charge in [-0.1, -0.05) is 13.0 Å². The molecule has 3 rings (SSSR count). The van der Waals surface area contributed by atoms with Gasteiger partial charge in [0.15, 0.2) is 6.10 Å². The number of carbonyl (C=O) groups is 2. The van der Waals surface area contributed by atoms with Crippen LogP contribution in [0.4, 0.5) is 5.69 Å². The van der Waals surface area contributed by atoms with Crippen LogP contribution in [0.3, 0.4) is 0 Å². The first-order valence-electron chi connectivity index (χ1n) is 8.76. The third kappa shape index (κ3) is 4.28. The molecular formula is C18H26ClN3O4. The van der Waals surface area contributed by atoms with Gasteiger partial charge in [-0.3, -0.25) is 9.59 Å². The van der Waals surface area contributed by atoms with Crippen LogP contribution in [0.25, 0.3) is 0 Å². The van der Waals surface area contributed by atoms with Crippen LogP contribution in [-0.4, -0.2) is 43.2 Å². The molecule has 4 atom stereocenters. The zero-order chi connectivity index (χ0) is 18.0. The Morgan fingerprint density at radius 2 is 2.19 bits per heavy atom. The number of ether oxygens (including phenoxy) is 2. The molecule has 2 aliphatic heterocycles. The Kier molecular flexibility index (Phi) is 6.86. The molecule has 0 saturated carbocycles. The molecule has 26 heavy (non-hydrogen) atoms. The molecule has 2 heterocycles. The van der Waals surface area contributed by atoms with Crippen molar-refractivity contribution in [1.29, 1.82) is 0 Å². The molecule has 8 heteroatoms. The normalized spacial score (nSPS) is 25.8. The van der Waals surface area contributed by atoms with Gasteiger partial charge in [0, 0.05) is 6.54 Å². The fraction of sp³-hybridized carbons (Fsp3) is 0.556. The van der Waals surface area contributed by atoms with Gasteiger partial charge in [0.1, 0.15) is 11.8 Å². The van der Waals surface area contributed by atoms with E-state index in [4.69, 9.17) is 9.47 Å². The molecule has 1 aromatic carbocycles. The number of amides is 2. The lowest BCUT2D eigenvalue weighted by Gasteiger charge is -2.30. The van der Waals surface area contributed by atoms with Gasteiger partial charge >= 0.3 is 0 Å². The lowest BCUT2D eigenvalue weighted by Crippen LogP contribution is -2.55. The van der Waals surface area contributed by atoms with E-state index in [0.29, 0.717) is 31.0 Å². The van der Waals surface area contributed by atoms with E-state index in [9.17, 15) is 9.59 Å². The number of anilines is 1. The van der Waals surface area contributed by atoms with E-state index < -0.39 is 6.10 Å². The molecule has 7 nitrogen and oxygen atoms in total. The summed E-state index contributed by atoms with van der Waals surface area (Å²) in [6, 6.07) is 5.02. The van der Waals surface area contributed by atoms with E-state index in [1.165, 1.54) is 0 Å². The van der Waals surface area contributed by atoms with Gasteiger partial charge in [-0.2, -0.15) is 0 Å². The third-order valence-corrected chi connectivity index (χ3v) is 4.65. The van der Waals surface area contributed by atoms with E-state index in [1.54, 1.807) is 0 Å². The Balaban J connectivity index is 0.00000243. The Bertz CT molecular complexity index is 670. The molecular weight excluding hydrogens is 358 g/mol.